The first-order chi connectivity index (χ1) is 8.01. The lowest BCUT2D eigenvalue weighted by molar-refractivity contribution is -0.130. The molecule has 1 rings (SSSR count). The van der Waals surface area contributed by atoms with Crippen molar-refractivity contribution in [2.24, 2.45) is 0 Å². The Balaban J connectivity index is 2.56. The molecule has 1 heterocycles. The highest BCUT2D eigenvalue weighted by atomic mass is 32.2. The van der Waals surface area contributed by atoms with E-state index in [1.165, 1.54) is 0 Å². The first-order valence-electron chi connectivity index (χ1n) is 6.40. The van der Waals surface area contributed by atoms with E-state index in [4.69, 9.17) is 0 Å². The normalized spacial score (nSPS) is 28.5. The molecule has 1 aliphatic rings. The first kappa shape index (κ1) is 14.6. The van der Waals surface area contributed by atoms with E-state index in [1.54, 1.807) is 6.26 Å². The SMILES string of the molecule is CCC1NC(CC)N(CCC(C)S(C)=O)C1=O. The van der Waals surface area contributed by atoms with Gasteiger partial charge in [-0.3, -0.25) is 14.3 Å². The zero-order chi connectivity index (χ0) is 13.0. The van der Waals surface area contributed by atoms with Gasteiger partial charge in [-0.1, -0.05) is 20.8 Å². The zero-order valence-corrected chi connectivity index (χ0v) is 12.0. The Morgan fingerprint density at radius 3 is 2.53 bits per heavy atom. The van der Waals surface area contributed by atoms with E-state index in [9.17, 15) is 9.00 Å². The predicted octanol–water partition coefficient (Wildman–Crippen LogP) is 1.09. The number of carbonyl (C=O) groups excluding carboxylic acids is 1. The molecule has 0 radical (unpaired) electrons. The van der Waals surface area contributed by atoms with Crippen molar-refractivity contribution in [1.82, 2.24) is 10.2 Å². The molecule has 0 bridgehead atoms. The van der Waals surface area contributed by atoms with Crippen LogP contribution in [0.25, 0.3) is 0 Å². The Kier molecular flexibility index (Phi) is 5.59. The maximum absolute atomic E-state index is 12.1. The summed E-state index contributed by atoms with van der Waals surface area (Å²) in [5.74, 6) is 0.202. The van der Waals surface area contributed by atoms with Crippen LogP contribution in [0.3, 0.4) is 0 Å². The van der Waals surface area contributed by atoms with E-state index >= 15 is 0 Å². The van der Waals surface area contributed by atoms with E-state index < -0.39 is 10.8 Å². The van der Waals surface area contributed by atoms with Crippen LogP contribution in [0.1, 0.15) is 40.0 Å². The number of carbonyl (C=O) groups is 1. The maximum atomic E-state index is 12.1. The average molecular weight is 260 g/mol. The molecule has 1 fully saturated rings. The van der Waals surface area contributed by atoms with Crippen molar-refractivity contribution in [2.75, 3.05) is 12.8 Å². The van der Waals surface area contributed by atoms with Gasteiger partial charge in [-0.2, -0.15) is 0 Å². The highest BCUT2D eigenvalue weighted by Crippen LogP contribution is 2.16. The van der Waals surface area contributed by atoms with Crippen molar-refractivity contribution in [1.29, 1.82) is 0 Å². The molecule has 0 aromatic carbocycles. The van der Waals surface area contributed by atoms with E-state index in [0.29, 0.717) is 6.54 Å². The maximum Gasteiger partial charge on any atom is 0.241 e. The van der Waals surface area contributed by atoms with Crippen LogP contribution in [0.4, 0.5) is 0 Å². The average Bonchev–Trinajstić information content (AvgIpc) is 2.62. The quantitative estimate of drug-likeness (QED) is 0.778. The van der Waals surface area contributed by atoms with Gasteiger partial charge in [0.25, 0.3) is 0 Å². The summed E-state index contributed by atoms with van der Waals surface area (Å²) < 4.78 is 11.3. The lowest BCUT2D eigenvalue weighted by Crippen LogP contribution is -2.38. The largest absolute Gasteiger partial charge is 0.326 e. The van der Waals surface area contributed by atoms with Crippen LogP contribution in [0.15, 0.2) is 0 Å². The fourth-order valence-electron chi connectivity index (χ4n) is 2.13. The molecule has 5 heteroatoms. The van der Waals surface area contributed by atoms with Gasteiger partial charge >= 0.3 is 0 Å². The summed E-state index contributed by atoms with van der Waals surface area (Å²) in [6.45, 7) is 6.79. The summed E-state index contributed by atoms with van der Waals surface area (Å²) in [6.07, 6.45) is 4.45. The molecule has 0 spiro atoms. The van der Waals surface area contributed by atoms with Gasteiger partial charge in [0, 0.05) is 28.9 Å². The van der Waals surface area contributed by atoms with Crippen molar-refractivity contribution in [3.05, 3.63) is 0 Å². The summed E-state index contributed by atoms with van der Waals surface area (Å²) in [7, 11) is -0.804. The topological polar surface area (TPSA) is 49.4 Å². The Labute approximate surface area is 107 Å². The van der Waals surface area contributed by atoms with Crippen LogP contribution >= 0.6 is 0 Å². The van der Waals surface area contributed by atoms with E-state index in [0.717, 1.165) is 19.3 Å². The van der Waals surface area contributed by atoms with Gasteiger partial charge in [-0.25, -0.2) is 0 Å². The Bertz CT molecular complexity index is 296. The molecule has 0 aromatic heterocycles. The number of hydrogen-bond donors (Lipinski definition) is 1. The molecule has 0 saturated carbocycles. The fourth-order valence-corrected chi connectivity index (χ4v) is 2.57. The lowest BCUT2D eigenvalue weighted by atomic mass is 10.2. The molecule has 4 nitrogen and oxygen atoms in total. The van der Waals surface area contributed by atoms with E-state index in [1.807, 2.05) is 18.7 Å². The highest BCUT2D eigenvalue weighted by molar-refractivity contribution is 7.84. The van der Waals surface area contributed by atoms with Gasteiger partial charge < -0.3 is 4.90 Å². The van der Waals surface area contributed by atoms with Crippen molar-refractivity contribution in [3.8, 4) is 0 Å². The number of rotatable bonds is 6. The van der Waals surface area contributed by atoms with Gasteiger partial charge in [0.05, 0.1) is 12.2 Å². The lowest BCUT2D eigenvalue weighted by Gasteiger charge is -2.24. The minimum absolute atomic E-state index is 0.0256. The van der Waals surface area contributed by atoms with E-state index in [-0.39, 0.29) is 23.4 Å². The summed E-state index contributed by atoms with van der Waals surface area (Å²) in [5.41, 5.74) is 0. The van der Waals surface area contributed by atoms with E-state index in [2.05, 4.69) is 12.2 Å². The van der Waals surface area contributed by atoms with Crippen LogP contribution in [0.2, 0.25) is 0 Å². The Morgan fingerprint density at radius 1 is 1.41 bits per heavy atom. The fraction of sp³-hybridized carbons (Fsp3) is 0.917. The molecule has 1 N–H and O–H groups in total. The van der Waals surface area contributed by atoms with Gasteiger partial charge in [0.15, 0.2) is 0 Å². The molecular formula is C12H24N2O2S. The second-order valence-electron chi connectivity index (χ2n) is 4.68. The highest BCUT2D eigenvalue weighted by Gasteiger charge is 2.36. The van der Waals surface area contributed by atoms with Crippen LogP contribution in [-0.4, -0.2) is 45.3 Å². The number of hydrogen-bond acceptors (Lipinski definition) is 3. The standard InChI is InChI=1S/C12H24N2O2S/c1-5-10-12(15)14(11(6-2)13-10)8-7-9(3)17(4)16/h9-11,13H,5-8H2,1-4H3. The number of nitrogens with zero attached hydrogens (tertiary/aromatic N) is 1. The second kappa shape index (κ2) is 6.50. The van der Waals surface area contributed by atoms with Crippen molar-refractivity contribution < 1.29 is 9.00 Å². The minimum atomic E-state index is -0.804. The van der Waals surface area contributed by atoms with Gasteiger partial charge in [0.1, 0.15) is 0 Å². The zero-order valence-electron chi connectivity index (χ0n) is 11.2. The smallest absolute Gasteiger partial charge is 0.241 e. The van der Waals surface area contributed by atoms with Gasteiger partial charge in [0.2, 0.25) is 5.91 Å². The third kappa shape index (κ3) is 3.52. The third-order valence-electron chi connectivity index (χ3n) is 3.49. The van der Waals surface area contributed by atoms with Gasteiger partial charge in [-0.05, 0) is 19.3 Å². The summed E-state index contributed by atoms with van der Waals surface area (Å²) >= 11 is 0. The molecule has 0 aliphatic carbocycles. The number of amides is 1. The van der Waals surface area contributed by atoms with Crippen LogP contribution in [-0.2, 0) is 15.6 Å². The molecule has 4 unspecified atom stereocenters. The Morgan fingerprint density at radius 2 is 2.06 bits per heavy atom. The molecule has 4 atom stereocenters. The third-order valence-corrected chi connectivity index (χ3v) is 4.86. The van der Waals surface area contributed by atoms with Crippen LogP contribution in [0, 0.1) is 0 Å². The molecule has 1 saturated heterocycles. The molecule has 1 amide bonds. The molecule has 1 aliphatic heterocycles. The second-order valence-corrected chi connectivity index (χ2v) is 6.48. The van der Waals surface area contributed by atoms with Crippen molar-refractivity contribution in [2.45, 2.75) is 57.5 Å². The summed E-state index contributed by atoms with van der Waals surface area (Å²) in [4.78, 5) is 14.0. The molecule has 100 valence electrons. The molecule has 0 aromatic rings. The van der Waals surface area contributed by atoms with Gasteiger partial charge in [-0.15, -0.1) is 0 Å². The Hall–Kier alpha value is -0.420. The first-order valence-corrected chi connectivity index (χ1v) is 8.02. The minimum Gasteiger partial charge on any atom is -0.326 e. The monoisotopic (exact) mass is 260 g/mol. The summed E-state index contributed by atoms with van der Waals surface area (Å²) in [5, 5.41) is 3.50. The molecular weight excluding hydrogens is 236 g/mol. The summed E-state index contributed by atoms with van der Waals surface area (Å²) in [6, 6.07) is -0.0256. The van der Waals surface area contributed by atoms with Crippen molar-refractivity contribution in [3.63, 3.8) is 0 Å². The van der Waals surface area contributed by atoms with Crippen LogP contribution < -0.4 is 5.32 Å². The molecule has 17 heavy (non-hydrogen) atoms. The predicted molar refractivity (Wildman–Crippen MR) is 71.2 cm³/mol. The number of nitrogens with one attached hydrogen (secondary N) is 1. The van der Waals surface area contributed by atoms with Crippen LogP contribution in [0.5, 0.6) is 0 Å². The van der Waals surface area contributed by atoms with Crippen molar-refractivity contribution >= 4 is 16.7 Å².